The fourth-order valence-electron chi connectivity index (χ4n) is 1.81. The van der Waals surface area contributed by atoms with Crippen LogP contribution in [0.15, 0.2) is 30.3 Å². The quantitative estimate of drug-likeness (QED) is 0.832. The lowest BCUT2D eigenvalue weighted by molar-refractivity contribution is 0.0944. The fourth-order valence-corrected chi connectivity index (χ4v) is 2.73. The number of aryl methyl sites for hydroxylation is 1. The Morgan fingerprint density at radius 3 is 2.80 bits per heavy atom. The molecule has 4 nitrogen and oxygen atoms in total. The maximum atomic E-state index is 12.1. The van der Waals surface area contributed by atoms with Gasteiger partial charge in [-0.15, -0.1) is 11.3 Å². The van der Waals surface area contributed by atoms with Crippen LogP contribution >= 0.6 is 11.3 Å². The normalized spacial score (nSPS) is 10.5. The van der Waals surface area contributed by atoms with Gasteiger partial charge in [0, 0.05) is 30.7 Å². The van der Waals surface area contributed by atoms with Crippen molar-refractivity contribution in [2.75, 3.05) is 20.3 Å². The second-order valence-corrected chi connectivity index (χ2v) is 5.60. The molecule has 0 fully saturated rings. The van der Waals surface area contributed by atoms with Gasteiger partial charge in [0.15, 0.2) is 0 Å². The predicted octanol–water partition coefficient (Wildman–Crippen LogP) is 2.88. The van der Waals surface area contributed by atoms with Crippen molar-refractivity contribution in [2.24, 2.45) is 0 Å². The zero-order valence-electron chi connectivity index (χ0n) is 11.7. The number of hydrogen-bond acceptors (Lipinski definition) is 4. The van der Waals surface area contributed by atoms with Crippen LogP contribution in [0.3, 0.4) is 0 Å². The summed E-state index contributed by atoms with van der Waals surface area (Å²) in [4.78, 5) is 17.5. The number of hydrogen-bond donors (Lipinski definition) is 1. The number of nitrogens with zero attached hydrogens (tertiary/aromatic N) is 1. The number of thiazole rings is 1. The number of benzene rings is 1. The summed E-state index contributed by atoms with van der Waals surface area (Å²) in [6.07, 6.45) is 0.803. The molecular weight excluding hydrogens is 272 g/mol. The summed E-state index contributed by atoms with van der Waals surface area (Å²) in [5.41, 5.74) is 1.56. The van der Waals surface area contributed by atoms with E-state index in [9.17, 15) is 4.79 Å². The third-order valence-electron chi connectivity index (χ3n) is 2.84. The smallest absolute Gasteiger partial charge is 0.271 e. The monoisotopic (exact) mass is 290 g/mol. The van der Waals surface area contributed by atoms with Crippen LogP contribution < -0.4 is 5.32 Å². The van der Waals surface area contributed by atoms with Gasteiger partial charge in [0.2, 0.25) is 0 Å². The summed E-state index contributed by atoms with van der Waals surface area (Å²) in [6, 6.07) is 9.90. The minimum atomic E-state index is -0.114. The lowest BCUT2D eigenvalue weighted by Gasteiger charge is -2.03. The number of amides is 1. The first-order valence-electron chi connectivity index (χ1n) is 6.52. The van der Waals surface area contributed by atoms with E-state index >= 15 is 0 Å². The Kier molecular flexibility index (Phi) is 5.26. The van der Waals surface area contributed by atoms with Gasteiger partial charge < -0.3 is 10.1 Å². The van der Waals surface area contributed by atoms with E-state index in [0.29, 0.717) is 18.8 Å². The van der Waals surface area contributed by atoms with Crippen molar-refractivity contribution in [3.05, 3.63) is 40.9 Å². The molecule has 0 aliphatic rings. The zero-order valence-corrected chi connectivity index (χ0v) is 12.5. The number of aromatic nitrogens is 1. The van der Waals surface area contributed by atoms with Gasteiger partial charge in [-0.1, -0.05) is 30.3 Å². The predicted molar refractivity (Wildman–Crippen MR) is 81.1 cm³/mol. The first-order chi connectivity index (χ1) is 9.72. The molecule has 0 atom stereocenters. The second-order valence-electron chi connectivity index (χ2n) is 4.39. The molecule has 1 amide bonds. The molecule has 0 saturated carbocycles. The van der Waals surface area contributed by atoms with Gasteiger partial charge in [-0.25, -0.2) is 4.98 Å². The van der Waals surface area contributed by atoms with Gasteiger partial charge in [-0.05, 0) is 13.3 Å². The molecule has 0 saturated heterocycles. The highest BCUT2D eigenvalue weighted by Crippen LogP contribution is 2.27. The lowest BCUT2D eigenvalue weighted by atomic mass is 10.2. The van der Waals surface area contributed by atoms with Crippen LogP contribution in [-0.2, 0) is 4.74 Å². The molecule has 0 radical (unpaired) electrons. The number of rotatable bonds is 6. The van der Waals surface area contributed by atoms with Crippen molar-refractivity contribution in [3.8, 4) is 10.6 Å². The van der Waals surface area contributed by atoms with Gasteiger partial charge in [0.05, 0.1) is 0 Å². The SMILES string of the molecule is COCCCNC(=O)c1nc(-c2ccccc2)sc1C. The highest BCUT2D eigenvalue weighted by molar-refractivity contribution is 7.15. The number of carbonyl (C=O) groups is 1. The Bertz CT molecular complexity index is 567. The van der Waals surface area contributed by atoms with Crippen LogP contribution in [0.5, 0.6) is 0 Å². The molecule has 0 unspecified atom stereocenters. The lowest BCUT2D eigenvalue weighted by Crippen LogP contribution is -2.26. The third kappa shape index (κ3) is 3.65. The largest absolute Gasteiger partial charge is 0.385 e. The summed E-state index contributed by atoms with van der Waals surface area (Å²) < 4.78 is 4.95. The van der Waals surface area contributed by atoms with E-state index in [1.165, 1.54) is 0 Å². The molecule has 2 rings (SSSR count). The minimum absolute atomic E-state index is 0.114. The van der Waals surface area contributed by atoms with Crippen molar-refractivity contribution >= 4 is 17.2 Å². The molecule has 1 aromatic heterocycles. The minimum Gasteiger partial charge on any atom is -0.385 e. The second kappa shape index (κ2) is 7.17. The molecule has 0 aliphatic heterocycles. The molecular formula is C15H18N2O2S. The molecule has 1 aromatic carbocycles. The van der Waals surface area contributed by atoms with E-state index in [2.05, 4.69) is 10.3 Å². The number of carbonyl (C=O) groups excluding carboxylic acids is 1. The van der Waals surface area contributed by atoms with Crippen LogP contribution in [0.25, 0.3) is 10.6 Å². The van der Waals surface area contributed by atoms with Crippen molar-refractivity contribution in [1.29, 1.82) is 0 Å². The topological polar surface area (TPSA) is 51.2 Å². The Hall–Kier alpha value is -1.72. The maximum Gasteiger partial charge on any atom is 0.271 e. The average Bonchev–Trinajstić information content (AvgIpc) is 2.86. The van der Waals surface area contributed by atoms with Crippen LogP contribution in [0.2, 0.25) is 0 Å². The Morgan fingerprint density at radius 1 is 1.35 bits per heavy atom. The van der Waals surface area contributed by atoms with Crippen molar-refractivity contribution < 1.29 is 9.53 Å². The number of methoxy groups -OCH3 is 1. The van der Waals surface area contributed by atoms with Crippen molar-refractivity contribution in [1.82, 2.24) is 10.3 Å². The van der Waals surface area contributed by atoms with E-state index in [-0.39, 0.29) is 5.91 Å². The summed E-state index contributed by atoms with van der Waals surface area (Å²) in [5.74, 6) is -0.114. The van der Waals surface area contributed by atoms with Crippen molar-refractivity contribution in [3.63, 3.8) is 0 Å². The molecule has 1 N–H and O–H groups in total. The van der Waals surface area contributed by atoms with Gasteiger partial charge in [-0.3, -0.25) is 4.79 Å². The Labute approximate surface area is 122 Å². The highest BCUT2D eigenvalue weighted by atomic mass is 32.1. The molecule has 106 valence electrons. The zero-order chi connectivity index (χ0) is 14.4. The van der Waals surface area contributed by atoms with Gasteiger partial charge in [-0.2, -0.15) is 0 Å². The standard InChI is InChI=1S/C15H18N2O2S/c1-11-13(14(18)16-9-6-10-19-2)17-15(20-11)12-7-4-3-5-8-12/h3-5,7-8H,6,9-10H2,1-2H3,(H,16,18). The van der Waals surface area contributed by atoms with E-state index < -0.39 is 0 Å². The van der Waals surface area contributed by atoms with E-state index in [1.54, 1.807) is 18.4 Å². The molecule has 20 heavy (non-hydrogen) atoms. The van der Waals surface area contributed by atoms with Crippen LogP contribution in [0.1, 0.15) is 21.8 Å². The first kappa shape index (κ1) is 14.7. The molecule has 0 spiro atoms. The molecule has 0 bridgehead atoms. The fraction of sp³-hybridized carbons (Fsp3) is 0.333. The molecule has 2 aromatic rings. The molecule has 1 heterocycles. The van der Waals surface area contributed by atoms with Crippen LogP contribution in [0, 0.1) is 6.92 Å². The van der Waals surface area contributed by atoms with E-state index in [1.807, 2.05) is 37.3 Å². The van der Waals surface area contributed by atoms with Gasteiger partial charge in [0.1, 0.15) is 10.7 Å². The first-order valence-corrected chi connectivity index (χ1v) is 7.34. The van der Waals surface area contributed by atoms with Gasteiger partial charge >= 0.3 is 0 Å². The summed E-state index contributed by atoms with van der Waals surface area (Å²) >= 11 is 1.54. The van der Waals surface area contributed by atoms with Crippen LogP contribution in [-0.4, -0.2) is 31.2 Å². The van der Waals surface area contributed by atoms with E-state index in [0.717, 1.165) is 21.9 Å². The number of nitrogens with one attached hydrogen (secondary N) is 1. The van der Waals surface area contributed by atoms with Crippen molar-refractivity contribution in [2.45, 2.75) is 13.3 Å². The molecule has 5 heteroatoms. The summed E-state index contributed by atoms with van der Waals surface area (Å²) in [7, 11) is 1.65. The summed E-state index contributed by atoms with van der Waals surface area (Å²) in [6.45, 7) is 3.17. The van der Waals surface area contributed by atoms with Gasteiger partial charge in [0.25, 0.3) is 5.91 Å². The van der Waals surface area contributed by atoms with E-state index in [4.69, 9.17) is 4.74 Å². The molecule has 0 aliphatic carbocycles. The Morgan fingerprint density at radius 2 is 2.10 bits per heavy atom. The van der Waals surface area contributed by atoms with Crippen LogP contribution in [0.4, 0.5) is 0 Å². The third-order valence-corrected chi connectivity index (χ3v) is 3.86. The Balaban J connectivity index is 2.06. The average molecular weight is 290 g/mol. The number of ether oxygens (including phenoxy) is 1. The maximum absolute atomic E-state index is 12.1. The summed E-state index contributed by atoms with van der Waals surface area (Å²) in [5, 5.41) is 3.74. The highest BCUT2D eigenvalue weighted by Gasteiger charge is 2.15.